The van der Waals surface area contributed by atoms with Gasteiger partial charge in [-0.2, -0.15) is 0 Å². The average Bonchev–Trinajstić information content (AvgIpc) is 2.47. The number of aromatic hydroxyl groups is 1. The number of phenols is 1. The molecule has 2 aromatic carbocycles. The summed E-state index contributed by atoms with van der Waals surface area (Å²) in [5, 5.41) is 9.32. The first-order valence-corrected chi connectivity index (χ1v) is 6.68. The van der Waals surface area contributed by atoms with Crippen LogP contribution in [0.4, 0.5) is 0 Å². The van der Waals surface area contributed by atoms with E-state index in [1.165, 1.54) is 0 Å². The number of hydrogen-bond acceptors (Lipinski definition) is 3. The number of carbonyl (C=O) groups excluding carboxylic acids is 1. The molecule has 0 fully saturated rings. The topological polar surface area (TPSA) is 46.5 Å². The molecule has 108 valence electrons. The van der Waals surface area contributed by atoms with Crippen molar-refractivity contribution in [3.8, 4) is 5.75 Å². The molecule has 0 atom stereocenters. The lowest BCUT2D eigenvalue weighted by Crippen LogP contribution is -2.25. The van der Waals surface area contributed by atoms with Gasteiger partial charge in [-0.3, -0.25) is 0 Å². The molecular weight excluding hydrogens is 264 g/mol. The van der Waals surface area contributed by atoms with Crippen LogP contribution in [-0.4, -0.2) is 11.1 Å². The van der Waals surface area contributed by atoms with E-state index in [2.05, 4.69) is 6.58 Å². The Kier molecular flexibility index (Phi) is 4.13. The van der Waals surface area contributed by atoms with E-state index in [-0.39, 0.29) is 11.7 Å². The highest BCUT2D eigenvalue weighted by Crippen LogP contribution is 2.27. The fraction of sp³-hybridized carbons (Fsp3) is 0.167. The molecule has 21 heavy (non-hydrogen) atoms. The largest absolute Gasteiger partial charge is 0.508 e. The molecule has 0 heterocycles. The maximum absolute atomic E-state index is 12.2. The smallest absolute Gasteiger partial charge is 0.338 e. The van der Waals surface area contributed by atoms with Crippen LogP contribution in [0.25, 0.3) is 6.08 Å². The summed E-state index contributed by atoms with van der Waals surface area (Å²) in [7, 11) is 0. The molecule has 2 rings (SSSR count). The van der Waals surface area contributed by atoms with Crippen LogP contribution < -0.4 is 0 Å². The molecule has 0 bridgehead atoms. The van der Waals surface area contributed by atoms with Gasteiger partial charge in [0.25, 0.3) is 0 Å². The summed E-state index contributed by atoms with van der Waals surface area (Å²) in [6.45, 7) is 7.30. The fourth-order valence-corrected chi connectivity index (χ4v) is 1.97. The number of rotatable bonds is 4. The highest BCUT2D eigenvalue weighted by Gasteiger charge is 2.26. The van der Waals surface area contributed by atoms with Crippen LogP contribution in [0.3, 0.4) is 0 Å². The van der Waals surface area contributed by atoms with Gasteiger partial charge in [-0.15, -0.1) is 0 Å². The lowest BCUT2D eigenvalue weighted by atomic mass is 9.98. The third kappa shape index (κ3) is 3.51. The molecule has 0 aliphatic carbocycles. The van der Waals surface area contributed by atoms with Gasteiger partial charge in [-0.05, 0) is 49.2 Å². The molecule has 0 saturated heterocycles. The summed E-state index contributed by atoms with van der Waals surface area (Å²) < 4.78 is 5.58. The van der Waals surface area contributed by atoms with Crippen molar-refractivity contribution in [1.82, 2.24) is 0 Å². The van der Waals surface area contributed by atoms with E-state index < -0.39 is 5.60 Å². The van der Waals surface area contributed by atoms with Crippen LogP contribution in [-0.2, 0) is 10.3 Å². The maximum Gasteiger partial charge on any atom is 0.338 e. The second-order valence-electron chi connectivity index (χ2n) is 5.27. The molecule has 0 aromatic heterocycles. The fourth-order valence-electron chi connectivity index (χ4n) is 1.97. The van der Waals surface area contributed by atoms with Gasteiger partial charge in [0.15, 0.2) is 0 Å². The number of esters is 1. The molecule has 0 saturated carbocycles. The van der Waals surface area contributed by atoms with E-state index in [1.54, 1.807) is 42.5 Å². The molecule has 3 heteroatoms. The Hall–Kier alpha value is -2.55. The second-order valence-corrected chi connectivity index (χ2v) is 5.27. The van der Waals surface area contributed by atoms with Crippen LogP contribution in [0.5, 0.6) is 5.75 Å². The van der Waals surface area contributed by atoms with Crippen molar-refractivity contribution >= 4 is 12.0 Å². The first kappa shape index (κ1) is 14.9. The molecule has 2 aromatic rings. The minimum absolute atomic E-state index is 0.181. The molecule has 1 N–H and O–H groups in total. The van der Waals surface area contributed by atoms with Crippen molar-refractivity contribution in [2.45, 2.75) is 19.4 Å². The lowest BCUT2D eigenvalue weighted by Gasteiger charge is -2.25. The van der Waals surface area contributed by atoms with Crippen LogP contribution in [0.15, 0.2) is 55.1 Å². The summed E-state index contributed by atoms with van der Waals surface area (Å²) >= 11 is 0. The number of benzene rings is 2. The zero-order valence-electron chi connectivity index (χ0n) is 12.2. The number of carbonyl (C=O) groups is 1. The van der Waals surface area contributed by atoms with Gasteiger partial charge >= 0.3 is 5.97 Å². The highest BCUT2D eigenvalue weighted by molar-refractivity contribution is 5.90. The zero-order chi connectivity index (χ0) is 15.5. The van der Waals surface area contributed by atoms with Crippen molar-refractivity contribution in [2.75, 3.05) is 0 Å². The van der Waals surface area contributed by atoms with Gasteiger partial charge in [0.2, 0.25) is 0 Å². The lowest BCUT2D eigenvalue weighted by molar-refractivity contribution is -0.00312. The molecule has 0 spiro atoms. The van der Waals surface area contributed by atoms with E-state index in [9.17, 15) is 9.90 Å². The molecule has 0 aliphatic heterocycles. The van der Waals surface area contributed by atoms with Crippen molar-refractivity contribution in [3.05, 3.63) is 71.8 Å². The van der Waals surface area contributed by atoms with Gasteiger partial charge in [-0.1, -0.05) is 36.9 Å². The predicted molar refractivity (Wildman–Crippen MR) is 83.1 cm³/mol. The van der Waals surface area contributed by atoms with Crippen LogP contribution in [0.2, 0.25) is 0 Å². The Morgan fingerprint density at radius 3 is 2.19 bits per heavy atom. The Labute approximate surface area is 124 Å². The zero-order valence-corrected chi connectivity index (χ0v) is 12.2. The summed E-state index contributed by atoms with van der Waals surface area (Å²) in [4.78, 5) is 12.2. The molecule has 0 radical (unpaired) electrons. The van der Waals surface area contributed by atoms with E-state index in [1.807, 2.05) is 26.0 Å². The van der Waals surface area contributed by atoms with Gasteiger partial charge in [0, 0.05) is 0 Å². The summed E-state index contributed by atoms with van der Waals surface area (Å²) in [6, 6.07) is 13.7. The van der Waals surface area contributed by atoms with Gasteiger partial charge in [0.1, 0.15) is 11.4 Å². The summed E-state index contributed by atoms with van der Waals surface area (Å²) in [5.74, 6) is -0.204. The van der Waals surface area contributed by atoms with Crippen molar-refractivity contribution in [1.29, 1.82) is 0 Å². The van der Waals surface area contributed by atoms with Crippen molar-refractivity contribution < 1.29 is 14.6 Å². The highest BCUT2D eigenvalue weighted by atomic mass is 16.6. The molecule has 0 aliphatic rings. The number of phenolic OH excluding ortho intramolecular Hbond substituents is 1. The molecule has 0 unspecified atom stereocenters. The predicted octanol–water partition coefficient (Wildman–Crippen LogP) is 4.13. The van der Waals surface area contributed by atoms with Crippen LogP contribution in [0.1, 0.15) is 35.3 Å². The van der Waals surface area contributed by atoms with Gasteiger partial charge in [0.05, 0.1) is 5.56 Å². The summed E-state index contributed by atoms with van der Waals surface area (Å²) in [5.41, 5.74) is 1.48. The SMILES string of the molecule is C=Cc1ccc(C(=O)OC(C)(C)c2ccc(O)cc2)cc1. The molecule has 3 nitrogen and oxygen atoms in total. The molecular formula is C18H18O3. The number of ether oxygens (including phenoxy) is 1. The Morgan fingerprint density at radius 2 is 1.67 bits per heavy atom. The quantitative estimate of drug-likeness (QED) is 0.858. The Morgan fingerprint density at radius 1 is 1.10 bits per heavy atom. The minimum atomic E-state index is -0.776. The van der Waals surface area contributed by atoms with Crippen molar-refractivity contribution in [3.63, 3.8) is 0 Å². The van der Waals surface area contributed by atoms with Gasteiger partial charge in [-0.25, -0.2) is 4.79 Å². The standard InChI is InChI=1S/C18H18O3/c1-4-13-5-7-14(8-6-13)17(20)21-18(2,3)15-9-11-16(19)12-10-15/h4-12,19H,1H2,2-3H3. The monoisotopic (exact) mass is 282 g/mol. The first-order chi connectivity index (χ1) is 9.92. The van der Waals surface area contributed by atoms with E-state index in [0.717, 1.165) is 11.1 Å². The van der Waals surface area contributed by atoms with E-state index >= 15 is 0 Å². The second kappa shape index (κ2) is 5.83. The maximum atomic E-state index is 12.2. The van der Waals surface area contributed by atoms with Crippen molar-refractivity contribution in [2.24, 2.45) is 0 Å². The van der Waals surface area contributed by atoms with E-state index in [4.69, 9.17) is 4.74 Å². The Balaban J connectivity index is 2.16. The summed E-state index contributed by atoms with van der Waals surface area (Å²) in [6.07, 6.45) is 1.72. The third-order valence-electron chi connectivity index (χ3n) is 3.29. The van der Waals surface area contributed by atoms with Crippen LogP contribution in [0, 0.1) is 0 Å². The average molecular weight is 282 g/mol. The first-order valence-electron chi connectivity index (χ1n) is 6.68. The minimum Gasteiger partial charge on any atom is -0.508 e. The third-order valence-corrected chi connectivity index (χ3v) is 3.29. The van der Waals surface area contributed by atoms with Gasteiger partial charge < -0.3 is 9.84 Å². The molecule has 0 amide bonds. The normalized spacial score (nSPS) is 11.0. The Bertz CT molecular complexity index is 637. The van der Waals surface area contributed by atoms with E-state index in [0.29, 0.717) is 5.56 Å². The number of hydrogen-bond donors (Lipinski definition) is 1. The van der Waals surface area contributed by atoms with Crippen LogP contribution >= 0.6 is 0 Å².